The average Bonchev–Trinajstić information content (AvgIpc) is 3.78. The number of aromatic nitrogens is 1. The molecule has 0 aliphatic carbocycles. The van der Waals surface area contributed by atoms with Gasteiger partial charge in [-0.3, -0.25) is 19.2 Å². The third kappa shape index (κ3) is 9.36. The highest BCUT2D eigenvalue weighted by Crippen LogP contribution is 2.29. The number of aliphatic hydroxyl groups excluding tert-OH is 1. The Morgan fingerprint density at radius 3 is 2.46 bits per heavy atom. The van der Waals surface area contributed by atoms with E-state index in [0.29, 0.717) is 13.0 Å². The molecule has 2 saturated heterocycles. The number of nitrogens with zero attached hydrogens (tertiary/aromatic N) is 2. The Bertz CT molecular complexity index is 1350. The molecule has 2 fully saturated rings. The minimum Gasteiger partial charge on any atom is -0.391 e. The third-order valence-corrected chi connectivity index (χ3v) is 9.85. The van der Waals surface area contributed by atoms with E-state index >= 15 is 0 Å². The van der Waals surface area contributed by atoms with Crippen LogP contribution in [-0.2, 0) is 19.2 Å². The van der Waals surface area contributed by atoms with Crippen LogP contribution in [-0.4, -0.2) is 83.0 Å². The molecule has 4 amide bonds. The summed E-state index contributed by atoms with van der Waals surface area (Å²) in [4.78, 5) is 59.3. The number of β-amino-alcohol motifs (C(OH)–C–C–N with tert-alkyl or cyclic N) is 1. The van der Waals surface area contributed by atoms with E-state index in [0.717, 1.165) is 54.0 Å². The molecule has 46 heavy (non-hydrogen) atoms. The summed E-state index contributed by atoms with van der Waals surface area (Å²) in [7, 11) is 0. The number of benzene rings is 1. The van der Waals surface area contributed by atoms with Crippen molar-refractivity contribution in [2.24, 2.45) is 11.3 Å². The van der Waals surface area contributed by atoms with Gasteiger partial charge < -0.3 is 31.3 Å². The van der Waals surface area contributed by atoms with Gasteiger partial charge in [0.05, 0.1) is 34.1 Å². The van der Waals surface area contributed by atoms with Gasteiger partial charge in [-0.05, 0) is 56.2 Å². The van der Waals surface area contributed by atoms with Crippen LogP contribution in [0.2, 0.25) is 0 Å². The van der Waals surface area contributed by atoms with Gasteiger partial charge in [0.1, 0.15) is 12.1 Å². The van der Waals surface area contributed by atoms with Crippen LogP contribution in [0.5, 0.6) is 0 Å². The fourth-order valence-corrected chi connectivity index (χ4v) is 6.88. The van der Waals surface area contributed by atoms with Crippen molar-refractivity contribution in [2.45, 2.75) is 97.4 Å². The lowest BCUT2D eigenvalue weighted by atomic mass is 9.85. The average molecular weight is 655 g/mol. The predicted octanol–water partition coefficient (Wildman–Crippen LogP) is 3.07. The van der Waals surface area contributed by atoms with Gasteiger partial charge in [0.25, 0.3) is 0 Å². The number of rotatable bonds is 13. The molecule has 2 aliphatic rings. The third-order valence-electron chi connectivity index (χ3n) is 8.87. The van der Waals surface area contributed by atoms with Crippen molar-refractivity contribution in [3.63, 3.8) is 0 Å². The number of carbonyl (C=O) groups is 4. The molecular weight excluding hydrogens is 604 g/mol. The van der Waals surface area contributed by atoms with Gasteiger partial charge >= 0.3 is 0 Å². The van der Waals surface area contributed by atoms with Crippen molar-refractivity contribution in [1.82, 2.24) is 31.2 Å². The largest absolute Gasteiger partial charge is 0.391 e. The Hall–Kier alpha value is -3.35. The van der Waals surface area contributed by atoms with Crippen molar-refractivity contribution in [3.8, 4) is 10.4 Å². The Labute approximate surface area is 276 Å². The number of unbranched alkanes of at least 4 members (excludes halogenated alkanes) is 2. The van der Waals surface area contributed by atoms with Crippen molar-refractivity contribution in [1.29, 1.82) is 0 Å². The molecule has 11 nitrogen and oxygen atoms in total. The maximum absolute atomic E-state index is 13.9. The zero-order valence-corrected chi connectivity index (χ0v) is 28.5. The van der Waals surface area contributed by atoms with Crippen LogP contribution >= 0.6 is 11.3 Å². The monoisotopic (exact) mass is 654 g/mol. The zero-order chi connectivity index (χ0) is 33.4. The van der Waals surface area contributed by atoms with Crippen molar-refractivity contribution in [2.75, 3.05) is 26.2 Å². The maximum atomic E-state index is 13.9. The van der Waals surface area contributed by atoms with E-state index in [1.54, 1.807) is 11.3 Å². The molecule has 5 atom stereocenters. The Morgan fingerprint density at radius 1 is 1.09 bits per heavy atom. The van der Waals surface area contributed by atoms with Crippen LogP contribution in [0.4, 0.5) is 0 Å². The number of aliphatic hydroxyl groups is 1. The van der Waals surface area contributed by atoms with Crippen LogP contribution in [0.1, 0.15) is 83.5 Å². The fourth-order valence-electron chi connectivity index (χ4n) is 6.07. The maximum Gasteiger partial charge on any atom is 0.246 e. The first-order valence-electron chi connectivity index (χ1n) is 16.4. The highest BCUT2D eigenvalue weighted by molar-refractivity contribution is 7.13. The van der Waals surface area contributed by atoms with Crippen LogP contribution in [0.15, 0.2) is 29.8 Å². The van der Waals surface area contributed by atoms with Crippen LogP contribution in [0.25, 0.3) is 10.4 Å². The predicted molar refractivity (Wildman–Crippen MR) is 179 cm³/mol. The molecular formula is C34H50N6O5S. The van der Waals surface area contributed by atoms with Crippen molar-refractivity contribution in [3.05, 3.63) is 41.0 Å². The number of amides is 4. The Kier molecular flexibility index (Phi) is 12.3. The SMILES string of the molecule is Cc1ncsc1-c1ccc([C@H](C)NC(=O)[C@@H]2C[C@@H](O)CN2C(=O)[C@@H](NC(=O)CCCCCNC(=O)[C@H]2CCNC2)C(C)(C)C)cc1. The molecule has 4 rings (SSSR count). The number of hydrogen-bond acceptors (Lipinski definition) is 8. The molecule has 0 spiro atoms. The van der Waals surface area contributed by atoms with Crippen molar-refractivity contribution >= 4 is 35.0 Å². The first-order valence-corrected chi connectivity index (χ1v) is 17.3. The van der Waals surface area contributed by atoms with Gasteiger partial charge in [-0.15, -0.1) is 11.3 Å². The van der Waals surface area contributed by atoms with Gasteiger partial charge in [0, 0.05) is 32.5 Å². The summed E-state index contributed by atoms with van der Waals surface area (Å²) in [6, 6.07) is 5.95. The van der Waals surface area contributed by atoms with E-state index in [2.05, 4.69) is 26.3 Å². The van der Waals surface area contributed by atoms with E-state index in [1.807, 2.05) is 64.4 Å². The summed E-state index contributed by atoms with van der Waals surface area (Å²) < 4.78 is 0. The molecule has 252 valence electrons. The van der Waals surface area contributed by atoms with Crippen LogP contribution in [0.3, 0.4) is 0 Å². The molecule has 1 aromatic carbocycles. The highest BCUT2D eigenvalue weighted by Gasteiger charge is 2.44. The molecule has 0 radical (unpaired) electrons. The minimum absolute atomic E-state index is 0.0271. The second-order valence-electron chi connectivity index (χ2n) is 13.7. The van der Waals surface area contributed by atoms with E-state index in [9.17, 15) is 24.3 Å². The van der Waals surface area contributed by atoms with Gasteiger partial charge in [-0.1, -0.05) is 51.5 Å². The summed E-state index contributed by atoms with van der Waals surface area (Å²) in [6.45, 7) is 11.7. The fraction of sp³-hybridized carbons (Fsp3) is 0.618. The molecule has 3 heterocycles. The summed E-state index contributed by atoms with van der Waals surface area (Å²) in [5, 5.41) is 22.6. The Morgan fingerprint density at radius 2 is 1.83 bits per heavy atom. The van der Waals surface area contributed by atoms with Crippen LogP contribution < -0.4 is 21.3 Å². The standard InChI is InChI=1S/C34H50N6O5S/c1-21(23-10-12-24(13-11-23)29-22(2)37-20-46-29)38-32(44)27-17-26(41)19-40(27)33(45)30(34(3,4)5)39-28(42)9-7-6-8-15-36-31(43)25-14-16-35-18-25/h10-13,20-21,25-27,30,35,41H,6-9,14-19H2,1-5H3,(H,36,43)(H,38,44)(H,39,42)/t21-,25-,26+,27-,30+/m0/s1. The lowest BCUT2D eigenvalue weighted by molar-refractivity contribution is -0.144. The number of likely N-dealkylation sites (tertiary alicyclic amines) is 1. The van der Waals surface area contributed by atoms with Crippen molar-refractivity contribution < 1.29 is 24.3 Å². The number of carbonyl (C=O) groups excluding carboxylic acids is 4. The molecule has 5 N–H and O–H groups in total. The topological polar surface area (TPSA) is 153 Å². The lowest BCUT2D eigenvalue weighted by Crippen LogP contribution is -2.57. The quantitative estimate of drug-likeness (QED) is 0.208. The van der Waals surface area contributed by atoms with Gasteiger partial charge in [0.2, 0.25) is 23.6 Å². The Balaban J connectivity index is 1.29. The molecule has 2 aromatic rings. The van der Waals surface area contributed by atoms with Gasteiger partial charge in [-0.25, -0.2) is 4.98 Å². The van der Waals surface area contributed by atoms with Gasteiger partial charge in [-0.2, -0.15) is 0 Å². The summed E-state index contributed by atoms with van der Waals surface area (Å²) in [5.74, 6) is -0.825. The minimum atomic E-state index is -0.861. The first kappa shape index (κ1) is 35.5. The number of hydrogen-bond donors (Lipinski definition) is 5. The summed E-state index contributed by atoms with van der Waals surface area (Å²) >= 11 is 1.58. The zero-order valence-electron chi connectivity index (χ0n) is 27.7. The second kappa shape index (κ2) is 16.0. The lowest BCUT2D eigenvalue weighted by Gasteiger charge is -2.35. The molecule has 12 heteroatoms. The highest BCUT2D eigenvalue weighted by atomic mass is 32.1. The molecule has 0 unspecified atom stereocenters. The van der Waals surface area contributed by atoms with Gasteiger partial charge in [0.15, 0.2) is 0 Å². The smallest absolute Gasteiger partial charge is 0.246 e. The molecule has 2 aliphatic heterocycles. The van der Waals surface area contributed by atoms with E-state index < -0.39 is 23.6 Å². The molecule has 1 aromatic heterocycles. The van der Waals surface area contributed by atoms with E-state index in [-0.39, 0.29) is 55.0 Å². The van der Waals surface area contributed by atoms with Crippen LogP contribution in [0, 0.1) is 18.3 Å². The molecule has 0 bridgehead atoms. The summed E-state index contributed by atoms with van der Waals surface area (Å²) in [5.41, 5.74) is 4.16. The number of aryl methyl sites for hydroxylation is 1. The normalized spacial score (nSPS) is 21.1. The summed E-state index contributed by atoms with van der Waals surface area (Å²) in [6.07, 6.45) is 2.60. The number of nitrogens with one attached hydrogen (secondary N) is 4. The second-order valence-corrected chi connectivity index (χ2v) is 14.5. The van der Waals surface area contributed by atoms with E-state index in [4.69, 9.17) is 0 Å². The number of thiazole rings is 1. The first-order chi connectivity index (χ1) is 21.8. The molecule has 0 saturated carbocycles. The van der Waals surface area contributed by atoms with E-state index in [1.165, 1.54) is 4.90 Å².